The number of ether oxygens (including phenoxy) is 1. The largest absolute Gasteiger partial charge is 0.461 e. The van der Waals surface area contributed by atoms with E-state index in [0.29, 0.717) is 12.1 Å². The number of benzene rings is 1. The first-order valence-corrected chi connectivity index (χ1v) is 10.8. The molecule has 12 heteroatoms. The number of carbonyl (C=O) groups excluding carboxylic acids is 5. The first-order valence-electron chi connectivity index (χ1n) is 10.4. The number of nitrogens with one attached hydrogen (secondary N) is 4. The summed E-state index contributed by atoms with van der Waals surface area (Å²) in [5.41, 5.74) is 6.27. The van der Waals surface area contributed by atoms with E-state index in [0.717, 1.165) is 5.56 Å². The van der Waals surface area contributed by atoms with Crippen molar-refractivity contribution in [3.05, 3.63) is 29.8 Å². The summed E-state index contributed by atoms with van der Waals surface area (Å²) in [6.07, 6.45) is 0.579. The number of urea groups is 1. The third-order valence-corrected chi connectivity index (χ3v) is 4.62. The number of hydrogen-bond acceptors (Lipinski definition) is 6. The van der Waals surface area contributed by atoms with E-state index in [1.165, 1.54) is 6.92 Å². The van der Waals surface area contributed by atoms with Crippen LogP contribution in [0.2, 0.25) is 0 Å². The molecule has 0 radical (unpaired) electrons. The molecular formula is C21H31N5O6S. The molecule has 6 N–H and O–H groups in total. The number of carbonyl (C=O) groups is 5. The Morgan fingerprint density at radius 1 is 1.03 bits per heavy atom. The SMILES string of the molecule is CC(=O)OCc1ccc(NC(=O)[C@H](CCCNC(N)=O)NC(=O)[C@@H](NC(=O)S)C(C)C)cc1. The minimum Gasteiger partial charge on any atom is -0.461 e. The van der Waals surface area contributed by atoms with E-state index in [1.54, 1.807) is 38.1 Å². The fraction of sp³-hybridized carbons (Fsp3) is 0.476. The molecule has 0 unspecified atom stereocenters. The van der Waals surface area contributed by atoms with Crippen LogP contribution in [0, 0.1) is 5.92 Å². The topological polar surface area (TPSA) is 169 Å². The van der Waals surface area contributed by atoms with Gasteiger partial charge in [0.2, 0.25) is 11.8 Å². The van der Waals surface area contributed by atoms with Gasteiger partial charge in [0, 0.05) is 19.2 Å². The van der Waals surface area contributed by atoms with Crippen molar-refractivity contribution in [2.75, 3.05) is 11.9 Å². The summed E-state index contributed by atoms with van der Waals surface area (Å²) in [7, 11) is 0. The zero-order valence-electron chi connectivity index (χ0n) is 18.8. The van der Waals surface area contributed by atoms with Gasteiger partial charge in [-0.2, -0.15) is 0 Å². The number of nitrogens with two attached hydrogens (primary N) is 1. The average Bonchev–Trinajstić information content (AvgIpc) is 2.72. The summed E-state index contributed by atoms with van der Waals surface area (Å²) in [5, 5.41) is 9.60. The molecule has 0 heterocycles. The van der Waals surface area contributed by atoms with Crippen molar-refractivity contribution >= 4 is 47.4 Å². The van der Waals surface area contributed by atoms with Crippen molar-refractivity contribution in [3.63, 3.8) is 0 Å². The van der Waals surface area contributed by atoms with Crippen molar-refractivity contribution in [1.29, 1.82) is 0 Å². The monoisotopic (exact) mass is 481 g/mol. The van der Waals surface area contributed by atoms with E-state index in [2.05, 4.69) is 33.9 Å². The van der Waals surface area contributed by atoms with Crippen LogP contribution in [0.5, 0.6) is 0 Å². The van der Waals surface area contributed by atoms with E-state index < -0.39 is 41.1 Å². The Morgan fingerprint density at radius 2 is 1.67 bits per heavy atom. The third kappa shape index (κ3) is 11.2. The van der Waals surface area contributed by atoms with Gasteiger partial charge in [-0.05, 0) is 36.5 Å². The van der Waals surface area contributed by atoms with Crippen LogP contribution in [0.4, 0.5) is 15.3 Å². The average molecular weight is 482 g/mol. The molecule has 1 rings (SSSR count). The van der Waals surface area contributed by atoms with Crippen LogP contribution in [-0.2, 0) is 25.7 Å². The fourth-order valence-corrected chi connectivity index (χ4v) is 2.95. The van der Waals surface area contributed by atoms with E-state index in [4.69, 9.17) is 10.5 Å². The van der Waals surface area contributed by atoms with Gasteiger partial charge in [0.1, 0.15) is 18.7 Å². The normalized spacial score (nSPS) is 12.3. The van der Waals surface area contributed by atoms with E-state index in [9.17, 15) is 24.0 Å². The lowest BCUT2D eigenvalue weighted by molar-refractivity contribution is -0.142. The molecular weight excluding hydrogens is 450 g/mol. The number of hydrogen-bond donors (Lipinski definition) is 6. The first kappa shape index (κ1) is 27.8. The van der Waals surface area contributed by atoms with Crippen LogP contribution >= 0.6 is 12.6 Å². The number of esters is 1. The van der Waals surface area contributed by atoms with Crippen LogP contribution in [0.15, 0.2) is 24.3 Å². The number of rotatable bonds is 12. The Bertz CT molecular complexity index is 846. The highest BCUT2D eigenvalue weighted by molar-refractivity contribution is 7.96. The lowest BCUT2D eigenvalue weighted by atomic mass is 10.0. The Labute approximate surface area is 198 Å². The zero-order chi connectivity index (χ0) is 25.0. The minimum atomic E-state index is -0.939. The standard InChI is InChI=1S/C21H31N5O6S/c1-12(2)17(26-21(31)33)19(29)25-16(5-4-10-23-20(22)30)18(28)24-15-8-6-14(7-9-15)11-32-13(3)27/h6-9,12,16-17H,4-5,10-11H2,1-3H3,(H,24,28)(H,25,29)(H3,22,23,30)(H2,26,31,33)/t16-,17-/m0/s1. The quantitative estimate of drug-likeness (QED) is 0.149. The lowest BCUT2D eigenvalue weighted by Crippen LogP contribution is -2.53. The summed E-state index contributed by atoms with van der Waals surface area (Å²) >= 11 is 3.66. The van der Waals surface area contributed by atoms with Crippen molar-refractivity contribution in [2.24, 2.45) is 11.7 Å². The molecule has 182 valence electrons. The van der Waals surface area contributed by atoms with Gasteiger partial charge >= 0.3 is 12.0 Å². The maximum Gasteiger partial charge on any atom is 0.312 e. The van der Waals surface area contributed by atoms with Gasteiger partial charge in [0.05, 0.1) is 0 Å². The summed E-state index contributed by atoms with van der Waals surface area (Å²) in [6.45, 7) is 5.14. The maximum atomic E-state index is 12.9. The zero-order valence-corrected chi connectivity index (χ0v) is 19.7. The van der Waals surface area contributed by atoms with Crippen LogP contribution in [-0.4, -0.2) is 47.7 Å². The van der Waals surface area contributed by atoms with Gasteiger partial charge in [0.25, 0.3) is 5.24 Å². The predicted octanol–water partition coefficient (Wildman–Crippen LogP) is 1.29. The van der Waals surface area contributed by atoms with Gasteiger partial charge in [0.15, 0.2) is 0 Å². The molecule has 0 aliphatic rings. The summed E-state index contributed by atoms with van der Waals surface area (Å²) in [6, 6.07) is 4.16. The van der Waals surface area contributed by atoms with Gasteiger partial charge < -0.3 is 31.7 Å². The molecule has 0 saturated heterocycles. The molecule has 2 atom stereocenters. The van der Waals surface area contributed by atoms with E-state index in [-0.39, 0.29) is 25.5 Å². The van der Waals surface area contributed by atoms with Crippen molar-refractivity contribution < 1.29 is 28.7 Å². The number of thiol groups is 1. The van der Waals surface area contributed by atoms with Crippen LogP contribution in [0.1, 0.15) is 39.2 Å². The maximum absolute atomic E-state index is 12.9. The fourth-order valence-electron chi connectivity index (χ4n) is 2.81. The Balaban J connectivity index is 2.87. The number of anilines is 1. The molecule has 1 aromatic carbocycles. The molecule has 5 amide bonds. The number of primary amides is 1. The van der Waals surface area contributed by atoms with Gasteiger partial charge in [-0.1, -0.05) is 38.6 Å². The Morgan fingerprint density at radius 3 is 2.18 bits per heavy atom. The molecule has 33 heavy (non-hydrogen) atoms. The lowest BCUT2D eigenvalue weighted by Gasteiger charge is -2.24. The molecule has 0 bridgehead atoms. The van der Waals surface area contributed by atoms with E-state index in [1.807, 2.05) is 0 Å². The highest BCUT2D eigenvalue weighted by Gasteiger charge is 2.28. The third-order valence-electron chi connectivity index (χ3n) is 4.49. The minimum absolute atomic E-state index is 0.114. The molecule has 0 aliphatic heterocycles. The van der Waals surface area contributed by atoms with Crippen LogP contribution in [0.25, 0.3) is 0 Å². The Hall–Kier alpha value is -3.28. The molecule has 0 saturated carbocycles. The van der Waals surface area contributed by atoms with Gasteiger partial charge in [-0.3, -0.25) is 19.2 Å². The van der Waals surface area contributed by atoms with Crippen molar-refractivity contribution in [2.45, 2.75) is 52.3 Å². The van der Waals surface area contributed by atoms with Crippen LogP contribution < -0.4 is 27.0 Å². The molecule has 0 spiro atoms. The molecule has 0 aromatic heterocycles. The van der Waals surface area contributed by atoms with Crippen molar-refractivity contribution in [1.82, 2.24) is 16.0 Å². The van der Waals surface area contributed by atoms with Crippen LogP contribution in [0.3, 0.4) is 0 Å². The Kier molecular flexibility index (Phi) is 11.8. The predicted molar refractivity (Wildman–Crippen MR) is 125 cm³/mol. The molecule has 1 aromatic rings. The highest BCUT2D eigenvalue weighted by Crippen LogP contribution is 2.12. The molecule has 0 fully saturated rings. The second kappa shape index (κ2) is 14.0. The molecule has 0 aliphatic carbocycles. The smallest absolute Gasteiger partial charge is 0.312 e. The van der Waals surface area contributed by atoms with Gasteiger partial charge in [-0.25, -0.2) is 4.79 Å². The summed E-state index contributed by atoms with van der Waals surface area (Å²) in [4.78, 5) is 58.7. The second-order valence-corrected chi connectivity index (χ2v) is 8.04. The summed E-state index contributed by atoms with van der Waals surface area (Å²) in [5.74, 6) is -1.65. The van der Waals surface area contributed by atoms with Crippen molar-refractivity contribution in [3.8, 4) is 0 Å². The summed E-state index contributed by atoms with van der Waals surface area (Å²) < 4.78 is 4.92. The molecule has 11 nitrogen and oxygen atoms in total. The first-order chi connectivity index (χ1) is 15.5. The second-order valence-electron chi connectivity index (χ2n) is 7.63. The van der Waals surface area contributed by atoms with E-state index >= 15 is 0 Å². The number of amides is 5. The highest BCUT2D eigenvalue weighted by atomic mass is 32.1. The van der Waals surface area contributed by atoms with Gasteiger partial charge in [-0.15, -0.1) is 0 Å².